The Labute approximate surface area is 105 Å². The van der Waals surface area contributed by atoms with Gasteiger partial charge < -0.3 is 5.32 Å². The summed E-state index contributed by atoms with van der Waals surface area (Å²) in [5.74, 6) is 0.318. The fourth-order valence-corrected chi connectivity index (χ4v) is 3.06. The van der Waals surface area contributed by atoms with Crippen LogP contribution in [0, 0.1) is 11.3 Å². The number of rotatable bonds is 6. The molecule has 0 aliphatic carbocycles. The fourth-order valence-electron chi connectivity index (χ4n) is 1.87. The topological polar surface area (TPSA) is 70.2 Å². The molecule has 1 heterocycles. The zero-order chi connectivity index (χ0) is 12.9. The van der Waals surface area contributed by atoms with Crippen molar-refractivity contribution in [1.29, 1.82) is 0 Å². The lowest BCUT2D eigenvalue weighted by Gasteiger charge is -2.34. The molecule has 0 aromatic carbocycles. The highest BCUT2D eigenvalue weighted by atomic mass is 32.2. The molecule has 0 spiro atoms. The van der Waals surface area contributed by atoms with Crippen LogP contribution in [0.15, 0.2) is 0 Å². The van der Waals surface area contributed by atoms with Crippen molar-refractivity contribution in [2.45, 2.75) is 33.6 Å². The van der Waals surface area contributed by atoms with E-state index in [1.165, 1.54) is 0 Å². The molecule has 0 saturated carbocycles. The fraction of sp³-hybridized carbons (Fsp3) is 1.00. The molecule has 0 radical (unpaired) electrons. The highest BCUT2D eigenvalue weighted by molar-refractivity contribution is 7.87. The Balaban J connectivity index is 2.37. The van der Waals surface area contributed by atoms with E-state index in [9.17, 15) is 8.42 Å². The van der Waals surface area contributed by atoms with E-state index in [1.807, 2.05) is 13.8 Å². The number of piperidine rings is 1. The van der Waals surface area contributed by atoms with E-state index in [0.717, 1.165) is 25.9 Å². The lowest BCUT2D eigenvalue weighted by Crippen LogP contribution is -2.48. The number of hydrogen-bond donors (Lipinski definition) is 3. The molecule has 1 unspecified atom stereocenters. The lowest BCUT2D eigenvalue weighted by molar-refractivity contribution is 0.238. The zero-order valence-electron chi connectivity index (χ0n) is 11.0. The van der Waals surface area contributed by atoms with Crippen molar-refractivity contribution in [3.05, 3.63) is 0 Å². The number of hydrogen-bond acceptors (Lipinski definition) is 3. The van der Waals surface area contributed by atoms with Gasteiger partial charge in [-0.3, -0.25) is 0 Å². The summed E-state index contributed by atoms with van der Waals surface area (Å²) in [5.41, 5.74) is 0.0326. The van der Waals surface area contributed by atoms with Gasteiger partial charge in [0.25, 0.3) is 10.2 Å². The predicted octanol–water partition coefficient (Wildman–Crippen LogP) is 0.456. The molecule has 1 atom stereocenters. The van der Waals surface area contributed by atoms with E-state index in [0.29, 0.717) is 19.0 Å². The van der Waals surface area contributed by atoms with E-state index in [2.05, 4.69) is 21.7 Å². The van der Waals surface area contributed by atoms with Gasteiger partial charge in [0.05, 0.1) is 0 Å². The Hall–Kier alpha value is -0.170. The second-order valence-electron chi connectivity index (χ2n) is 5.66. The van der Waals surface area contributed by atoms with Crippen LogP contribution in [0.3, 0.4) is 0 Å². The second kappa shape index (κ2) is 6.13. The van der Waals surface area contributed by atoms with Crippen LogP contribution in [0.2, 0.25) is 0 Å². The van der Waals surface area contributed by atoms with E-state index in [-0.39, 0.29) is 5.41 Å². The molecule has 1 aliphatic rings. The first-order chi connectivity index (χ1) is 7.83. The summed E-state index contributed by atoms with van der Waals surface area (Å²) in [7, 11) is -3.34. The molecule has 6 heteroatoms. The Morgan fingerprint density at radius 2 is 2.06 bits per heavy atom. The van der Waals surface area contributed by atoms with Crippen LogP contribution in [-0.2, 0) is 10.2 Å². The van der Waals surface area contributed by atoms with Gasteiger partial charge in [-0.1, -0.05) is 20.8 Å². The minimum atomic E-state index is -3.34. The van der Waals surface area contributed by atoms with Gasteiger partial charge in [-0.15, -0.1) is 0 Å². The molecule has 1 aliphatic heterocycles. The molecule has 0 aromatic rings. The van der Waals surface area contributed by atoms with E-state index < -0.39 is 10.2 Å². The summed E-state index contributed by atoms with van der Waals surface area (Å²) in [5, 5.41) is 3.31. The van der Waals surface area contributed by atoms with E-state index >= 15 is 0 Å². The smallest absolute Gasteiger partial charge is 0.276 e. The van der Waals surface area contributed by atoms with Gasteiger partial charge in [-0.25, -0.2) is 9.44 Å². The van der Waals surface area contributed by atoms with Crippen LogP contribution in [0.25, 0.3) is 0 Å². The second-order valence-corrected chi connectivity index (χ2v) is 7.24. The maximum atomic E-state index is 11.7. The van der Waals surface area contributed by atoms with Crippen LogP contribution in [0.4, 0.5) is 0 Å². The van der Waals surface area contributed by atoms with Crippen molar-refractivity contribution in [2.24, 2.45) is 11.3 Å². The third-order valence-corrected chi connectivity index (χ3v) is 4.13. The average Bonchev–Trinajstić information content (AvgIpc) is 2.26. The first-order valence-corrected chi connectivity index (χ1v) is 7.76. The molecule has 3 N–H and O–H groups in total. The monoisotopic (exact) mass is 263 g/mol. The van der Waals surface area contributed by atoms with E-state index in [1.54, 1.807) is 0 Å². The Morgan fingerprint density at radius 3 is 2.59 bits per heavy atom. The molecule has 0 amide bonds. The van der Waals surface area contributed by atoms with Gasteiger partial charge in [0, 0.05) is 19.6 Å². The molecule has 17 heavy (non-hydrogen) atoms. The van der Waals surface area contributed by atoms with Crippen LogP contribution >= 0.6 is 0 Å². The molecular weight excluding hydrogens is 238 g/mol. The maximum absolute atomic E-state index is 11.7. The van der Waals surface area contributed by atoms with Gasteiger partial charge in [-0.05, 0) is 30.7 Å². The number of nitrogens with one attached hydrogen (secondary N) is 3. The summed E-state index contributed by atoms with van der Waals surface area (Å²) in [4.78, 5) is 0. The highest BCUT2D eigenvalue weighted by Gasteiger charge is 2.28. The highest BCUT2D eigenvalue weighted by Crippen LogP contribution is 2.24. The molecule has 5 nitrogen and oxygen atoms in total. The van der Waals surface area contributed by atoms with Gasteiger partial charge in [-0.2, -0.15) is 8.42 Å². The molecule has 1 rings (SSSR count). The van der Waals surface area contributed by atoms with Crippen molar-refractivity contribution >= 4 is 10.2 Å². The minimum Gasteiger partial charge on any atom is -0.316 e. The van der Waals surface area contributed by atoms with Gasteiger partial charge in [0.1, 0.15) is 0 Å². The summed E-state index contributed by atoms with van der Waals surface area (Å²) in [6.45, 7) is 8.96. The largest absolute Gasteiger partial charge is 0.316 e. The van der Waals surface area contributed by atoms with Crippen molar-refractivity contribution in [1.82, 2.24) is 14.8 Å². The van der Waals surface area contributed by atoms with Crippen molar-refractivity contribution in [2.75, 3.05) is 26.2 Å². The summed E-state index contributed by atoms with van der Waals surface area (Å²) in [6, 6.07) is 0. The first kappa shape index (κ1) is 14.9. The summed E-state index contributed by atoms with van der Waals surface area (Å²) < 4.78 is 28.6. The molecule has 102 valence electrons. The quantitative estimate of drug-likeness (QED) is 0.652. The Morgan fingerprint density at radius 1 is 1.35 bits per heavy atom. The van der Waals surface area contributed by atoms with Crippen LogP contribution in [0.5, 0.6) is 0 Å². The SMILES string of the molecule is CC(C)CNS(=O)(=O)NCC1(C)CCCNC1. The van der Waals surface area contributed by atoms with Crippen molar-refractivity contribution in [3.8, 4) is 0 Å². The van der Waals surface area contributed by atoms with Crippen LogP contribution in [-0.4, -0.2) is 34.6 Å². The Bertz CT molecular complexity index is 322. The van der Waals surface area contributed by atoms with Gasteiger partial charge >= 0.3 is 0 Å². The molecule has 1 fully saturated rings. The summed E-state index contributed by atoms with van der Waals surface area (Å²) in [6.07, 6.45) is 2.17. The van der Waals surface area contributed by atoms with E-state index in [4.69, 9.17) is 0 Å². The lowest BCUT2D eigenvalue weighted by atomic mass is 9.83. The first-order valence-electron chi connectivity index (χ1n) is 6.28. The molecule has 0 bridgehead atoms. The average molecular weight is 263 g/mol. The third-order valence-electron chi connectivity index (χ3n) is 3.06. The summed E-state index contributed by atoms with van der Waals surface area (Å²) >= 11 is 0. The normalized spacial score (nSPS) is 26.4. The minimum absolute atomic E-state index is 0.0326. The van der Waals surface area contributed by atoms with Gasteiger partial charge in [0.15, 0.2) is 0 Å². The predicted molar refractivity (Wildman–Crippen MR) is 70.0 cm³/mol. The van der Waals surface area contributed by atoms with Crippen LogP contribution in [0.1, 0.15) is 33.6 Å². The molecular formula is C11H25N3O2S. The third kappa shape index (κ3) is 5.81. The Kier molecular flexibility index (Phi) is 5.37. The molecule has 0 aromatic heterocycles. The standard InChI is InChI=1S/C11H25N3O2S/c1-10(2)7-13-17(15,16)14-9-11(3)5-4-6-12-8-11/h10,12-14H,4-9H2,1-3H3. The van der Waals surface area contributed by atoms with Gasteiger partial charge in [0.2, 0.25) is 0 Å². The van der Waals surface area contributed by atoms with Crippen molar-refractivity contribution in [3.63, 3.8) is 0 Å². The van der Waals surface area contributed by atoms with Crippen molar-refractivity contribution < 1.29 is 8.42 Å². The zero-order valence-corrected chi connectivity index (χ0v) is 11.9. The molecule has 1 saturated heterocycles. The van der Waals surface area contributed by atoms with Crippen LogP contribution < -0.4 is 14.8 Å². The maximum Gasteiger partial charge on any atom is 0.276 e.